The molecule has 9 nitrogen and oxygen atoms in total. The van der Waals surface area contributed by atoms with Crippen molar-refractivity contribution in [2.75, 3.05) is 7.11 Å². The minimum absolute atomic E-state index is 0.0313. The van der Waals surface area contributed by atoms with Gasteiger partial charge in [0, 0.05) is 18.2 Å². The molecule has 0 aliphatic carbocycles. The van der Waals surface area contributed by atoms with E-state index < -0.39 is 17.4 Å². The summed E-state index contributed by atoms with van der Waals surface area (Å²) in [5.74, 6) is 0.212. The number of H-pyrrole nitrogens is 2. The van der Waals surface area contributed by atoms with Gasteiger partial charge in [-0.05, 0) is 35.9 Å². The molecular formula is C18H18FN5O4. The zero-order valence-electron chi connectivity index (χ0n) is 14.9. The van der Waals surface area contributed by atoms with E-state index in [1.165, 1.54) is 25.3 Å². The highest BCUT2D eigenvalue weighted by molar-refractivity contribution is 5.94. The summed E-state index contributed by atoms with van der Waals surface area (Å²) in [5, 5.41) is 8.54. The second-order valence-corrected chi connectivity index (χ2v) is 5.77. The maximum Gasteiger partial charge on any atom is 0.340 e. The number of carbonyl (C=O) groups is 1. The Morgan fingerprint density at radius 3 is 2.75 bits per heavy atom. The van der Waals surface area contributed by atoms with E-state index in [1.807, 2.05) is 0 Å². The normalized spacial score (nSPS) is 10.5. The van der Waals surface area contributed by atoms with Gasteiger partial charge >= 0.3 is 5.69 Å². The number of rotatable bonds is 7. The van der Waals surface area contributed by atoms with Crippen molar-refractivity contribution in [1.82, 2.24) is 20.5 Å². The van der Waals surface area contributed by atoms with E-state index in [4.69, 9.17) is 15.2 Å². The van der Waals surface area contributed by atoms with Crippen molar-refractivity contribution in [2.24, 2.45) is 5.73 Å². The van der Waals surface area contributed by atoms with Crippen LogP contribution in [0.5, 0.6) is 17.2 Å². The largest absolute Gasteiger partial charge is 0.493 e. The van der Waals surface area contributed by atoms with Crippen molar-refractivity contribution < 1.29 is 18.7 Å². The molecule has 3 aromatic rings. The molecular weight excluding hydrogens is 369 g/mol. The third-order valence-corrected chi connectivity index (χ3v) is 3.79. The molecule has 0 radical (unpaired) electrons. The minimum atomic E-state index is -0.487. The number of halogens is 1. The van der Waals surface area contributed by atoms with Crippen LogP contribution in [0.4, 0.5) is 4.39 Å². The lowest BCUT2D eigenvalue weighted by molar-refractivity contribution is 0.0949. The lowest BCUT2D eigenvalue weighted by atomic mass is 10.1. The quantitative estimate of drug-likeness (QED) is 0.484. The van der Waals surface area contributed by atoms with Crippen LogP contribution < -0.4 is 26.2 Å². The van der Waals surface area contributed by atoms with Gasteiger partial charge in [-0.1, -0.05) is 0 Å². The van der Waals surface area contributed by atoms with Gasteiger partial charge in [0.05, 0.1) is 13.7 Å². The van der Waals surface area contributed by atoms with Crippen LogP contribution in [0.15, 0.2) is 41.2 Å². The number of nitrogens with zero attached hydrogens (tertiary/aromatic N) is 1. The zero-order chi connectivity index (χ0) is 20.1. The molecule has 1 aromatic heterocycles. The van der Waals surface area contributed by atoms with Crippen molar-refractivity contribution in [3.63, 3.8) is 0 Å². The highest BCUT2D eigenvalue weighted by Gasteiger charge is 2.13. The first kappa shape index (κ1) is 19.1. The second kappa shape index (κ2) is 8.35. The highest BCUT2D eigenvalue weighted by atomic mass is 19.1. The van der Waals surface area contributed by atoms with E-state index in [0.29, 0.717) is 11.3 Å². The molecule has 0 saturated carbocycles. The van der Waals surface area contributed by atoms with Gasteiger partial charge in [-0.15, -0.1) is 0 Å². The Morgan fingerprint density at radius 2 is 2.07 bits per heavy atom. The highest BCUT2D eigenvalue weighted by Crippen LogP contribution is 2.33. The molecule has 146 valence electrons. The summed E-state index contributed by atoms with van der Waals surface area (Å²) in [7, 11) is 1.45. The Balaban J connectivity index is 1.80. The number of methoxy groups -OCH3 is 1. The average Bonchev–Trinajstić information content (AvgIpc) is 3.10. The first-order chi connectivity index (χ1) is 13.5. The van der Waals surface area contributed by atoms with Gasteiger partial charge in [0.2, 0.25) is 0 Å². The summed E-state index contributed by atoms with van der Waals surface area (Å²) in [6.45, 7) is 0.187. The summed E-state index contributed by atoms with van der Waals surface area (Å²) in [4.78, 5) is 25.8. The molecule has 28 heavy (non-hydrogen) atoms. The number of nitrogens with two attached hydrogens (primary N) is 1. The van der Waals surface area contributed by atoms with Crippen molar-refractivity contribution in [2.45, 2.75) is 13.1 Å². The maximum absolute atomic E-state index is 13.7. The molecule has 0 saturated heterocycles. The molecule has 0 spiro atoms. The monoisotopic (exact) mass is 387 g/mol. The SMILES string of the molecule is COc1ccc(C(=O)NCc2n[nH]c(=O)[nH]2)cc1Oc1cc(F)cc(CN)c1. The van der Waals surface area contributed by atoms with Crippen LogP contribution in [-0.2, 0) is 13.1 Å². The summed E-state index contributed by atoms with van der Waals surface area (Å²) in [6, 6.07) is 8.69. The van der Waals surface area contributed by atoms with E-state index in [-0.39, 0.29) is 36.0 Å². The number of benzene rings is 2. The molecule has 0 fully saturated rings. The molecule has 5 N–H and O–H groups in total. The number of aromatic nitrogens is 3. The molecule has 0 atom stereocenters. The molecule has 3 rings (SSSR count). The predicted octanol–water partition coefficient (Wildman–Crippen LogP) is 1.43. The van der Waals surface area contributed by atoms with E-state index in [0.717, 1.165) is 0 Å². The average molecular weight is 387 g/mol. The van der Waals surface area contributed by atoms with Crippen LogP contribution in [0, 0.1) is 5.82 Å². The molecule has 0 unspecified atom stereocenters. The first-order valence-electron chi connectivity index (χ1n) is 8.25. The number of nitrogens with one attached hydrogen (secondary N) is 3. The summed E-state index contributed by atoms with van der Waals surface area (Å²) in [5.41, 5.74) is 5.94. The van der Waals surface area contributed by atoms with Crippen LogP contribution in [-0.4, -0.2) is 28.2 Å². The molecule has 0 aliphatic heterocycles. The number of aromatic amines is 2. The standard InChI is InChI=1S/C18H18FN5O4/c1-27-14-3-2-11(17(25)21-9-16-22-18(26)24-23-16)6-15(14)28-13-5-10(8-20)4-12(19)7-13/h2-7H,8-9,20H2,1H3,(H,21,25)(H2,22,23,24,26). The van der Waals surface area contributed by atoms with Crippen molar-refractivity contribution >= 4 is 5.91 Å². The minimum Gasteiger partial charge on any atom is -0.493 e. The van der Waals surface area contributed by atoms with E-state index in [2.05, 4.69) is 20.5 Å². The Labute approximate surface area is 158 Å². The van der Waals surface area contributed by atoms with Gasteiger partial charge < -0.3 is 20.5 Å². The topological polar surface area (TPSA) is 135 Å². The fourth-order valence-corrected chi connectivity index (χ4v) is 2.48. The predicted molar refractivity (Wildman–Crippen MR) is 97.7 cm³/mol. The van der Waals surface area contributed by atoms with Crippen LogP contribution in [0.1, 0.15) is 21.7 Å². The van der Waals surface area contributed by atoms with Crippen LogP contribution in [0.3, 0.4) is 0 Å². The molecule has 10 heteroatoms. The molecule has 0 bridgehead atoms. The number of hydrogen-bond donors (Lipinski definition) is 4. The fraction of sp³-hybridized carbons (Fsp3) is 0.167. The Bertz CT molecular complexity index is 1050. The lowest BCUT2D eigenvalue weighted by Crippen LogP contribution is -2.23. The van der Waals surface area contributed by atoms with Crippen LogP contribution in [0.2, 0.25) is 0 Å². The van der Waals surface area contributed by atoms with Crippen LogP contribution in [0.25, 0.3) is 0 Å². The lowest BCUT2D eigenvalue weighted by Gasteiger charge is -2.13. The molecule has 1 heterocycles. The second-order valence-electron chi connectivity index (χ2n) is 5.77. The van der Waals surface area contributed by atoms with E-state index in [1.54, 1.807) is 18.2 Å². The first-order valence-corrected chi connectivity index (χ1v) is 8.25. The number of ether oxygens (including phenoxy) is 2. The number of carbonyl (C=O) groups excluding carboxylic acids is 1. The van der Waals surface area contributed by atoms with Gasteiger partial charge in [0.15, 0.2) is 11.5 Å². The molecule has 0 aliphatic rings. The van der Waals surface area contributed by atoms with Gasteiger partial charge in [0.25, 0.3) is 5.91 Å². The maximum atomic E-state index is 13.7. The third-order valence-electron chi connectivity index (χ3n) is 3.79. The van der Waals surface area contributed by atoms with Crippen LogP contribution >= 0.6 is 0 Å². The van der Waals surface area contributed by atoms with E-state index in [9.17, 15) is 14.0 Å². The van der Waals surface area contributed by atoms with E-state index >= 15 is 0 Å². The summed E-state index contributed by atoms with van der Waals surface area (Å²) in [6.07, 6.45) is 0. The summed E-state index contributed by atoms with van der Waals surface area (Å²) < 4.78 is 24.7. The number of amides is 1. The summed E-state index contributed by atoms with van der Waals surface area (Å²) >= 11 is 0. The van der Waals surface area contributed by atoms with Gasteiger partial charge in [-0.3, -0.25) is 9.78 Å². The Hall–Kier alpha value is -3.66. The number of hydrogen-bond acceptors (Lipinski definition) is 6. The zero-order valence-corrected chi connectivity index (χ0v) is 14.9. The fourth-order valence-electron chi connectivity index (χ4n) is 2.48. The van der Waals surface area contributed by atoms with Gasteiger partial charge in [-0.25, -0.2) is 14.3 Å². The molecule has 2 aromatic carbocycles. The Morgan fingerprint density at radius 1 is 1.25 bits per heavy atom. The Kier molecular flexibility index (Phi) is 5.70. The smallest absolute Gasteiger partial charge is 0.340 e. The van der Waals surface area contributed by atoms with Crippen molar-refractivity contribution in [3.8, 4) is 17.2 Å². The van der Waals surface area contributed by atoms with Crippen molar-refractivity contribution in [1.29, 1.82) is 0 Å². The third kappa shape index (κ3) is 4.54. The van der Waals surface area contributed by atoms with Gasteiger partial charge in [0.1, 0.15) is 17.4 Å². The van der Waals surface area contributed by atoms with Gasteiger partial charge in [-0.2, -0.15) is 5.10 Å². The van der Waals surface area contributed by atoms with Crippen molar-refractivity contribution in [3.05, 3.63) is 69.7 Å². The molecule has 1 amide bonds.